The number of nitrogens with zero attached hydrogens (tertiary/aromatic N) is 1. The molecule has 1 aromatic rings. The van der Waals surface area contributed by atoms with E-state index in [1.165, 1.54) is 12.3 Å². The Bertz CT molecular complexity index is 284. The number of rotatable bonds is 3. The second kappa shape index (κ2) is 4.51. The van der Waals surface area contributed by atoms with Crippen LogP contribution in [-0.2, 0) is 0 Å². The molecule has 1 N–H and O–H groups in total. The summed E-state index contributed by atoms with van der Waals surface area (Å²) in [5.74, 6) is -0.229. The highest BCUT2D eigenvalue weighted by Gasteiger charge is 2.20. The maximum Gasteiger partial charge on any atom is 0.141 e. The summed E-state index contributed by atoms with van der Waals surface area (Å²) in [4.78, 5) is 3.95. The van der Waals surface area contributed by atoms with E-state index in [4.69, 9.17) is 0 Å². The summed E-state index contributed by atoms with van der Waals surface area (Å²) in [6.45, 7) is 5.79. The average molecular weight is 197 g/mol. The summed E-state index contributed by atoms with van der Waals surface area (Å²) in [6.07, 6.45) is 0.742. The Balaban J connectivity index is 2.78. The Labute approximate surface area is 83.8 Å². The lowest BCUT2D eigenvalue weighted by Crippen LogP contribution is -2.22. The number of hydrogen-bond acceptors (Lipinski definition) is 2. The van der Waals surface area contributed by atoms with E-state index < -0.39 is 6.10 Å². The fourth-order valence-corrected chi connectivity index (χ4v) is 1.41. The average Bonchev–Trinajstić information content (AvgIpc) is 2.16. The molecule has 0 amide bonds. The van der Waals surface area contributed by atoms with Gasteiger partial charge >= 0.3 is 0 Å². The predicted molar refractivity (Wildman–Crippen MR) is 53.5 cm³/mol. The van der Waals surface area contributed by atoms with Crippen LogP contribution in [0.15, 0.2) is 18.3 Å². The molecular formula is C11H16FNO. The standard InChI is InChI=1S/C11H16FNO/c1-7(2)11(14)8(3)10-5-4-9(12)6-13-10/h4-8,11,14H,1-3H3. The van der Waals surface area contributed by atoms with Gasteiger partial charge < -0.3 is 5.11 Å². The largest absolute Gasteiger partial charge is 0.392 e. The van der Waals surface area contributed by atoms with Crippen molar-refractivity contribution < 1.29 is 9.50 Å². The van der Waals surface area contributed by atoms with E-state index in [-0.39, 0.29) is 17.7 Å². The highest BCUT2D eigenvalue weighted by molar-refractivity contribution is 5.11. The third-order valence-electron chi connectivity index (χ3n) is 2.41. The molecule has 2 nitrogen and oxygen atoms in total. The van der Waals surface area contributed by atoms with Gasteiger partial charge in [0.05, 0.1) is 12.3 Å². The van der Waals surface area contributed by atoms with Gasteiger partial charge in [0.25, 0.3) is 0 Å². The van der Waals surface area contributed by atoms with Gasteiger partial charge in [-0.25, -0.2) is 4.39 Å². The number of pyridine rings is 1. The van der Waals surface area contributed by atoms with Gasteiger partial charge in [0.15, 0.2) is 0 Å². The Morgan fingerprint density at radius 3 is 2.36 bits per heavy atom. The van der Waals surface area contributed by atoms with Gasteiger partial charge in [0.2, 0.25) is 0 Å². The first-order valence-corrected chi connectivity index (χ1v) is 4.82. The first kappa shape index (κ1) is 11.1. The number of halogens is 1. The van der Waals surface area contributed by atoms with Crippen molar-refractivity contribution in [3.63, 3.8) is 0 Å². The van der Waals surface area contributed by atoms with Crippen LogP contribution >= 0.6 is 0 Å². The van der Waals surface area contributed by atoms with Gasteiger partial charge in [0, 0.05) is 11.6 Å². The molecule has 0 saturated carbocycles. The van der Waals surface area contributed by atoms with E-state index in [0.717, 1.165) is 5.69 Å². The van der Waals surface area contributed by atoms with Crippen LogP contribution in [0.2, 0.25) is 0 Å². The topological polar surface area (TPSA) is 33.1 Å². The zero-order valence-electron chi connectivity index (χ0n) is 8.74. The number of aliphatic hydroxyl groups excluding tert-OH is 1. The molecule has 1 heterocycles. The fourth-order valence-electron chi connectivity index (χ4n) is 1.41. The molecule has 0 aliphatic heterocycles. The lowest BCUT2D eigenvalue weighted by Gasteiger charge is -2.21. The van der Waals surface area contributed by atoms with Crippen molar-refractivity contribution >= 4 is 0 Å². The molecule has 2 atom stereocenters. The Hall–Kier alpha value is -0.960. The van der Waals surface area contributed by atoms with Crippen LogP contribution in [-0.4, -0.2) is 16.2 Å². The molecule has 0 aromatic carbocycles. The number of aliphatic hydroxyl groups is 1. The highest BCUT2D eigenvalue weighted by Crippen LogP contribution is 2.21. The minimum Gasteiger partial charge on any atom is -0.392 e. The van der Waals surface area contributed by atoms with Crippen molar-refractivity contribution in [2.45, 2.75) is 32.8 Å². The van der Waals surface area contributed by atoms with E-state index in [2.05, 4.69) is 4.98 Å². The first-order chi connectivity index (χ1) is 6.52. The maximum atomic E-state index is 12.6. The molecule has 3 heteroatoms. The fraction of sp³-hybridized carbons (Fsp3) is 0.545. The normalized spacial score (nSPS) is 15.6. The van der Waals surface area contributed by atoms with Crippen molar-refractivity contribution in [2.24, 2.45) is 5.92 Å². The van der Waals surface area contributed by atoms with Crippen LogP contribution in [0.3, 0.4) is 0 Å². The van der Waals surface area contributed by atoms with Crippen molar-refractivity contribution in [1.29, 1.82) is 0 Å². The van der Waals surface area contributed by atoms with E-state index in [9.17, 15) is 9.50 Å². The molecule has 0 radical (unpaired) electrons. The summed E-state index contributed by atoms with van der Waals surface area (Å²) in [5.41, 5.74) is 0.729. The first-order valence-electron chi connectivity index (χ1n) is 4.82. The van der Waals surface area contributed by atoms with Crippen molar-refractivity contribution in [1.82, 2.24) is 4.98 Å². The molecule has 14 heavy (non-hydrogen) atoms. The zero-order valence-corrected chi connectivity index (χ0v) is 8.74. The van der Waals surface area contributed by atoms with Gasteiger partial charge in [0.1, 0.15) is 5.82 Å². The van der Waals surface area contributed by atoms with Crippen molar-refractivity contribution in [3.05, 3.63) is 29.8 Å². The molecule has 78 valence electrons. The minimum atomic E-state index is -0.437. The van der Waals surface area contributed by atoms with Crippen molar-refractivity contribution in [2.75, 3.05) is 0 Å². The van der Waals surface area contributed by atoms with Crippen LogP contribution in [0.1, 0.15) is 32.4 Å². The lowest BCUT2D eigenvalue weighted by molar-refractivity contribution is 0.101. The third-order valence-corrected chi connectivity index (χ3v) is 2.41. The van der Waals surface area contributed by atoms with Gasteiger partial charge in [-0.05, 0) is 18.1 Å². The molecular weight excluding hydrogens is 181 g/mol. The SMILES string of the molecule is CC(C)C(O)C(C)c1ccc(F)cn1. The molecule has 0 spiro atoms. The maximum absolute atomic E-state index is 12.6. The summed E-state index contributed by atoms with van der Waals surface area (Å²) in [7, 11) is 0. The highest BCUT2D eigenvalue weighted by atomic mass is 19.1. The molecule has 1 aromatic heterocycles. The summed E-state index contributed by atoms with van der Waals surface area (Å²) >= 11 is 0. The van der Waals surface area contributed by atoms with E-state index in [1.807, 2.05) is 20.8 Å². The van der Waals surface area contributed by atoms with Gasteiger partial charge in [-0.2, -0.15) is 0 Å². The Morgan fingerprint density at radius 1 is 1.29 bits per heavy atom. The van der Waals surface area contributed by atoms with Gasteiger partial charge in [-0.15, -0.1) is 0 Å². The second-order valence-electron chi connectivity index (χ2n) is 3.92. The predicted octanol–water partition coefficient (Wildman–Crippen LogP) is 2.34. The molecule has 2 unspecified atom stereocenters. The minimum absolute atomic E-state index is 0.0596. The smallest absolute Gasteiger partial charge is 0.141 e. The van der Waals surface area contributed by atoms with E-state index in [1.54, 1.807) is 6.07 Å². The zero-order chi connectivity index (χ0) is 10.7. The third kappa shape index (κ3) is 2.51. The van der Waals surface area contributed by atoms with E-state index in [0.29, 0.717) is 0 Å². The molecule has 0 bridgehead atoms. The molecule has 0 aliphatic rings. The molecule has 0 saturated heterocycles. The lowest BCUT2D eigenvalue weighted by atomic mass is 9.92. The Kier molecular flexibility index (Phi) is 3.58. The van der Waals surface area contributed by atoms with Crippen LogP contribution < -0.4 is 0 Å². The molecule has 0 fully saturated rings. The summed E-state index contributed by atoms with van der Waals surface area (Å²) in [6, 6.07) is 2.98. The molecule has 1 rings (SSSR count). The monoisotopic (exact) mass is 197 g/mol. The van der Waals surface area contributed by atoms with Crippen LogP contribution in [0.4, 0.5) is 4.39 Å². The van der Waals surface area contributed by atoms with Crippen LogP contribution in [0.25, 0.3) is 0 Å². The van der Waals surface area contributed by atoms with Crippen LogP contribution in [0, 0.1) is 11.7 Å². The number of hydrogen-bond donors (Lipinski definition) is 1. The summed E-state index contributed by atoms with van der Waals surface area (Å²) in [5, 5.41) is 9.78. The van der Waals surface area contributed by atoms with E-state index >= 15 is 0 Å². The van der Waals surface area contributed by atoms with Gasteiger partial charge in [-0.1, -0.05) is 20.8 Å². The second-order valence-corrected chi connectivity index (χ2v) is 3.92. The quantitative estimate of drug-likeness (QED) is 0.806. The van der Waals surface area contributed by atoms with Crippen LogP contribution in [0.5, 0.6) is 0 Å². The molecule has 0 aliphatic carbocycles. The van der Waals surface area contributed by atoms with Gasteiger partial charge in [-0.3, -0.25) is 4.98 Å². The summed E-state index contributed by atoms with van der Waals surface area (Å²) < 4.78 is 12.6. The van der Waals surface area contributed by atoms with Crippen molar-refractivity contribution in [3.8, 4) is 0 Å². The number of aromatic nitrogens is 1. The Morgan fingerprint density at radius 2 is 1.93 bits per heavy atom.